The zero-order valence-electron chi connectivity index (χ0n) is 14.8. The maximum Gasteiger partial charge on any atom is 0.326 e. The van der Waals surface area contributed by atoms with Gasteiger partial charge in [0.15, 0.2) is 5.76 Å². The highest BCUT2D eigenvalue weighted by atomic mass is 35.5. The average Bonchev–Trinajstić information content (AvgIpc) is 2.88. The number of rotatable bonds is 7. The van der Waals surface area contributed by atoms with Crippen LogP contribution in [0.25, 0.3) is 11.0 Å². The summed E-state index contributed by atoms with van der Waals surface area (Å²) in [4.78, 5) is 35.4. The molecule has 2 aromatic rings. The lowest BCUT2D eigenvalue weighted by atomic mass is 10.0. The Bertz CT molecular complexity index is 843. The molecule has 3 N–H and O–H groups in total. The molecule has 0 saturated carbocycles. The van der Waals surface area contributed by atoms with Gasteiger partial charge in [-0.25, -0.2) is 4.79 Å². The summed E-state index contributed by atoms with van der Waals surface area (Å²) in [5.74, 6) is -2.05. The van der Waals surface area contributed by atoms with Crippen LogP contribution in [0.3, 0.4) is 0 Å². The topological polar surface area (TPSA) is 109 Å². The van der Waals surface area contributed by atoms with E-state index in [1.165, 1.54) is 0 Å². The molecular weight excluding hydrogens is 360 g/mol. The van der Waals surface area contributed by atoms with Crippen LogP contribution in [0.5, 0.6) is 0 Å². The summed E-state index contributed by atoms with van der Waals surface area (Å²) in [6.07, 6.45) is 0.304. The number of hydrogen-bond acceptors (Lipinski definition) is 4. The van der Waals surface area contributed by atoms with Gasteiger partial charge in [-0.1, -0.05) is 25.4 Å². The minimum Gasteiger partial charge on any atom is -0.480 e. The predicted molar refractivity (Wildman–Crippen MR) is 97.3 cm³/mol. The molecule has 0 aliphatic carbocycles. The summed E-state index contributed by atoms with van der Waals surface area (Å²) in [7, 11) is 0. The van der Waals surface area contributed by atoms with Crippen LogP contribution in [0.15, 0.2) is 22.6 Å². The Morgan fingerprint density at radius 1 is 1.27 bits per heavy atom. The molecule has 0 saturated heterocycles. The van der Waals surface area contributed by atoms with Crippen LogP contribution in [-0.4, -0.2) is 35.5 Å². The van der Waals surface area contributed by atoms with Gasteiger partial charge < -0.3 is 20.2 Å². The average molecular weight is 381 g/mol. The first kappa shape index (κ1) is 19.8. The van der Waals surface area contributed by atoms with E-state index in [1.54, 1.807) is 25.1 Å². The van der Waals surface area contributed by atoms with E-state index in [0.29, 0.717) is 22.6 Å². The van der Waals surface area contributed by atoms with Crippen LogP contribution in [0.1, 0.15) is 36.4 Å². The third-order valence-corrected chi connectivity index (χ3v) is 4.09. The minimum atomic E-state index is -1.11. The molecule has 0 radical (unpaired) electrons. The number of carbonyl (C=O) groups is 3. The molecule has 2 amide bonds. The first-order valence-electron chi connectivity index (χ1n) is 8.18. The van der Waals surface area contributed by atoms with Gasteiger partial charge in [0.05, 0.1) is 6.54 Å². The number of fused-ring (bicyclic) bond motifs is 1. The number of carboxylic acid groups (broad SMARTS) is 1. The lowest BCUT2D eigenvalue weighted by Crippen LogP contribution is -2.46. The van der Waals surface area contributed by atoms with Gasteiger partial charge in [0, 0.05) is 16.0 Å². The van der Waals surface area contributed by atoms with Crippen molar-refractivity contribution >= 4 is 40.4 Å². The lowest BCUT2D eigenvalue weighted by molar-refractivity contribution is -0.142. The van der Waals surface area contributed by atoms with Crippen molar-refractivity contribution in [3.8, 4) is 0 Å². The number of halogens is 1. The van der Waals surface area contributed by atoms with Crippen molar-refractivity contribution in [2.75, 3.05) is 6.54 Å². The Morgan fingerprint density at radius 3 is 2.58 bits per heavy atom. The highest BCUT2D eigenvalue weighted by Crippen LogP contribution is 2.27. The Hall–Kier alpha value is -2.54. The van der Waals surface area contributed by atoms with Crippen LogP contribution in [0.2, 0.25) is 5.02 Å². The van der Waals surface area contributed by atoms with E-state index in [2.05, 4.69) is 10.6 Å². The van der Waals surface area contributed by atoms with E-state index in [4.69, 9.17) is 21.1 Å². The molecule has 0 bridgehead atoms. The Balaban J connectivity index is 2.01. The molecular formula is C18H21ClN2O5. The molecule has 0 unspecified atom stereocenters. The van der Waals surface area contributed by atoms with Crippen molar-refractivity contribution in [2.45, 2.75) is 33.2 Å². The van der Waals surface area contributed by atoms with Crippen molar-refractivity contribution in [1.82, 2.24) is 10.6 Å². The first-order valence-corrected chi connectivity index (χ1v) is 8.55. The summed E-state index contributed by atoms with van der Waals surface area (Å²) in [5, 5.41) is 15.2. The molecule has 26 heavy (non-hydrogen) atoms. The molecule has 1 atom stereocenters. The van der Waals surface area contributed by atoms with E-state index < -0.39 is 23.8 Å². The predicted octanol–water partition coefficient (Wildman–Crippen LogP) is 2.74. The van der Waals surface area contributed by atoms with E-state index in [9.17, 15) is 14.4 Å². The summed E-state index contributed by atoms with van der Waals surface area (Å²) in [5.41, 5.74) is 1.13. The molecule has 1 aromatic heterocycles. The van der Waals surface area contributed by atoms with Crippen molar-refractivity contribution in [1.29, 1.82) is 0 Å². The van der Waals surface area contributed by atoms with Gasteiger partial charge in [-0.05, 0) is 37.5 Å². The van der Waals surface area contributed by atoms with Crippen LogP contribution in [-0.2, 0) is 9.59 Å². The summed E-state index contributed by atoms with van der Waals surface area (Å²) < 4.78 is 5.52. The number of amides is 2. The quantitative estimate of drug-likeness (QED) is 0.684. The molecule has 0 aliphatic rings. The van der Waals surface area contributed by atoms with Crippen LogP contribution >= 0.6 is 11.6 Å². The standard InChI is InChI=1S/C18H21ClN2O5/c1-9(2)6-13(18(24)25)21-15(22)8-20-17(23)16-10(3)12-7-11(19)4-5-14(12)26-16/h4-5,7,9,13H,6,8H2,1-3H3,(H,20,23)(H,21,22)(H,24,25)/t13-/m0/s1. The molecule has 0 aliphatic heterocycles. The fourth-order valence-electron chi connectivity index (χ4n) is 2.59. The zero-order chi connectivity index (χ0) is 19.4. The van der Waals surface area contributed by atoms with Crippen molar-refractivity contribution in [3.63, 3.8) is 0 Å². The molecule has 7 nitrogen and oxygen atoms in total. The van der Waals surface area contributed by atoms with Crippen LogP contribution < -0.4 is 10.6 Å². The smallest absolute Gasteiger partial charge is 0.326 e. The number of hydrogen-bond donors (Lipinski definition) is 3. The van der Waals surface area contributed by atoms with E-state index in [1.807, 2.05) is 13.8 Å². The Kier molecular flexibility index (Phi) is 6.26. The molecule has 8 heteroatoms. The second-order valence-corrected chi connectivity index (χ2v) is 6.90. The van der Waals surface area contributed by atoms with Crippen LogP contribution in [0.4, 0.5) is 0 Å². The highest BCUT2D eigenvalue weighted by molar-refractivity contribution is 6.31. The minimum absolute atomic E-state index is 0.0898. The van der Waals surface area contributed by atoms with Crippen molar-refractivity contribution < 1.29 is 23.9 Å². The van der Waals surface area contributed by atoms with Crippen molar-refractivity contribution in [3.05, 3.63) is 34.5 Å². The monoisotopic (exact) mass is 380 g/mol. The second kappa shape index (κ2) is 8.23. The number of aryl methyl sites for hydroxylation is 1. The molecule has 1 aromatic carbocycles. The number of aliphatic carboxylic acids is 1. The summed E-state index contributed by atoms with van der Waals surface area (Å²) >= 11 is 5.95. The van der Waals surface area contributed by atoms with Gasteiger partial charge >= 0.3 is 5.97 Å². The molecule has 140 valence electrons. The third kappa shape index (κ3) is 4.76. The van der Waals surface area contributed by atoms with Gasteiger partial charge in [0.1, 0.15) is 11.6 Å². The fourth-order valence-corrected chi connectivity index (χ4v) is 2.76. The maximum absolute atomic E-state index is 12.3. The van der Waals surface area contributed by atoms with E-state index in [-0.39, 0.29) is 18.2 Å². The van der Waals surface area contributed by atoms with Crippen molar-refractivity contribution in [2.24, 2.45) is 5.92 Å². The lowest BCUT2D eigenvalue weighted by Gasteiger charge is -2.16. The Labute approximate surface area is 155 Å². The van der Waals surface area contributed by atoms with Gasteiger partial charge in [-0.15, -0.1) is 0 Å². The number of nitrogens with one attached hydrogen (secondary N) is 2. The molecule has 0 fully saturated rings. The Morgan fingerprint density at radius 2 is 1.96 bits per heavy atom. The van der Waals surface area contributed by atoms with E-state index >= 15 is 0 Å². The summed E-state index contributed by atoms with van der Waals surface area (Å²) in [6.45, 7) is 5.10. The van der Waals surface area contributed by atoms with Gasteiger partial charge in [0.25, 0.3) is 5.91 Å². The van der Waals surface area contributed by atoms with Crippen LogP contribution in [0, 0.1) is 12.8 Å². The second-order valence-electron chi connectivity index (χ2n) is 6.47. The van der Waals surface area contributed by atoms with Gasteiger partial charge in [-0.2, -0.15) is 0 Å². The summed E-state index contributed by atoms with van der Waals surface area (Å²) in [6, 6.07) is 4.03. The molecule has 0 spiro atoms. The largest absolute Gasteiger partial charge is 0.480 e. The molecule has 2 rings (SSSR count). The van der Waals surface area contributed by atoms with Gasteiger partial charge in [0.2, 0.25) is 5.91 Å². The zero-order valence-corrected chi connectivity index (χ0v) is 15.5. The number of carbonyl (C=O) groups excluding carboxylic acids is 2. The third-order valence-electron chi connectivity index (χ3n) is 3.85. The van der Waals surface area contributed by atoms with E-state index in [0.717, 1.165) is 5.39 Å². The number of carboxylic acids is 1. The number of benzene rings is 1. The normalized spacial score (nSPS) is 12.2. The first-order chi connectivity index (χ1) is 12.2. The molecule has 1 heterocycles. The fraction of sp³-hybridized carbons (Fsp3) is 0.389. The highest BCUT2D eigenvalue weighted by Gasteiger charge is 2.22. The van der Waals surface area contributed by atoms with Gasteiger partial charge in [-0.3, -0.25) is 9.59 Å². The maximum atomic E-state index is 12.3. The number of furan rings is 1. The SMILES string of the molecule is Cc1c(C(=O)NCC(=O)N[C@@H](CC(C)C)C(=O)O)oc2ccc(Cl)cc12.